The first kappa shape index (κ1) is 22.4. The van der Waals surface area contributed by atoms with Crippen LogP contribution < -0.4 is 16.6 Å². The fraction of sp³-hybridized carbons (Fsp3) is 0.0952. The maximum atomic E-state index is 12.9. The lowest BCUT2D eigenvalue weighted by Gasteiger charge is -2.11. The summed E-state index contributed by atoms with van der Waals surface area (Å²) in [6.45, 7) is 5.94. The van der Waals surface area contributed by atoms with Gasteiger partial charge in [0.1, 0.15) is 0 Å². The van der Waals surface area contributed by atoms with Gasteiger partial charge in [0, 0.05) is 15.7 Å². The number of nitrogen functional groups attached to an aromatic ring is 1. The Morgan fingerprint density at radius 3 is 2.55 bits per heavy atom. The number of nitrogens with one attached hydrogen (secondary N) is 2. The molecule has 0 spiro atoms. The number of halogens is 1. The molecule has 0 saturated heterocycles. The van der Waals surface area contributed by atoms with Crippen LogP contribution in [0.2, 0.25) is 5.02 Å². The maximum Gasteiger partial charge on any atom is 0.292 e. The summed E-state index contributed by atoms with van der Waals surface area (Å²) >= 11 is 7.42. The summed E-state index contributed by atoms with van der Waals surface area (Å²) in [7, 11) is 0. The van der Waals surface area contributed by atoms with E-state index in [2.05, 4.69) is 42.7 Å². The summed E-state index contributed by atoms with van der Waals surface area (Å²) < 4.78 is 6.03. The molecule has 0 aliphatic rings. The molecule has 0 atom stereocenters. The minimum Gasteiger partial charge on any atom is -0.378 e. The predicted octanol–water partition coefficient (Wildman–Crippen LogP) is 3.39. The van der Waals surface area contributed by atoms with E-state index in [1.54, 1.807) is 24.3 Å². The topological polar surface area (TPSA) is 137 Å². The van der Waals surface area contributed by atoms with Crippen LogP contribution in [-0.2, 0) is 5.75 Å². The fourth-order valence-electron chi connectivity index (χ4n) is 2.82. The summed E-state index contributed by atoms with van der Waals surface area (Å²) in [4.78, 5) is 13.9. The van der Waals surface area contributed by atoms with Crippen LogP contribution in [0.4, 0.5) is 5.82 Å². The second kappa shape index (κ2) is 9.76. The highest BCUT2D eigenvalue weighted by atomic mass is 35.5. The van der Waals surface area contributed by atoms with Gasteiger partial charge in [0.05, 0.1) is 11.4 Å². The molecule has 0 unspecified atom stereocenters. The molecule has 0 saturated carbocycles. The van der Waals surface area contributed by atoms with Crippen LogP contribution in [-0.4, -0.2) is 31.2 Å². The molecule has 0 radical (unpaired) electrons. The van der Waals surface area contributed by atoms with Crippen LogP contribution in [0.1, 0.15) is 27.3 Å². The summed E-state index contributed by atoms with van der Waals surface area (Å²) in [5, 5.41) is 16.0. The average Bonchev–Trinajstić information content (AvgIpc) is 3.43. The van der Waals surface area contributed by atoms with Gasteiger partial charge < -0.3 is 5.73 Å². The van der Waals surface area contributed by atoms with Crippen LogP contribution in [0.25, 0.3) is 11.5 Å². The predicted molar refractivity (Wildman–Crippen MR) is 125 cm³/mol. The molecule has 0 fully saturated rings. The molecule has 0 aliphatic heterocycles. The van der Waals surface area contributed by atoms with Gasteiger partial charge in [-0.3, -0.25) is 15.6 Å². The van der Waals surface area contributed by atoms with Gasteiger partial charge >= 0.3 is 0 Å². The summed E-state index contributed by atoms with van der Waals surface area (Å²) in [5.41, 5.74) is 14.2. The lowest BCUT2D eigenvalue weighted by molar-refractivity contribution is 0.0936. The van der Waals surface area contributed by atoms with Gasteiger partial charge in [-0.1, -0.05) is 53.2 Å². The van der Waals surface area contributed by atoms with Gasteiger partial charge in [-0.05, 0) is 47.1 Å². The van der Waals surface area contributed by atoms with Gasteiger partial charge in [-0.15, -0.1) is 16.9 Å². The number of nitrogens with two attached hydrogens (primary N) is 1. The highest BCUT2D eigenvalue weighted by Gasteiger charge is 2.24. The Bertz CT molecular complexity index is 1280. The minimum absolute atomic E-state index is 0.0303. The first-order chi connectivity index (χ1) is 15.9. The second-order valence-corrected chi connectivity index (χ2v) is 8.42. The maximum absolute atomic E-state index is 12.9. The van der Waals surface area contributed by atoms with E-state index in [1.807, 2.05) is 31.2 Å². The quantitative estimate of drug-likeness (QED) is 0.255. The molecule has 2 heterocycles. The van der Waals surface area contributed by atoms with Crippen molar-refractivity contribution in [2.75, 3.05) is 5.73 Å². The summed E-state index contributed by atoms with van der Waals surface area (Å²) in [6, 6.07) is 15.0. The molecule has 0 bridgehead atoms. The number of nitrogens with zero attached hydrogens (tertiary/aromatic N) is 5. The third kappa shape index (κ3) is 5.16. The Morgan fingerprint density at radius 2 is 1.88 bits per heavy atom. The minimum atomic E-state index is -0.508. The van der Waals surface area contributed by atoms with E-state index in [4.69, 9.17) is 17.3 Å². The number of benzene rings is 2. The first-order valence-corrected chi connectivity index (χ1v) is 11.0. The van der Waals surface area contributed by atoms with Crippen LogP contribution >= 0.6 is 23.4 Å². The van der Waals surface area contributed by atoms with E-state index in [-0.39, 0.29) is 17.3 Å². The third-order valence-corrected chi connectivity index (χ3v) is 5.87. The number of carbonyl (C=O) groups excluding carboxylic acids is 1. The molecule has 4 N–H and O–H groups in total. The Kier molecular flexibility index (Phi) is 6.61. The summed E-state index contributed by atoms with van der Waals surface area (Å²) in [5.74, 6) is 0.0386. The largest absolute Gasteiger partial charge is 0.378 e. The number of anilines is 1. The number of aryl methyl sites for hydroxylation is 1. The van der Waals surface area contributed by atoms with E-state index < -0.39 is 5.91 Å². The number of hydrogen-bond donors (Lipinski definition) is 3. The Balaban J connectivity index is 1.54. The van der Waals surface area contributed by atoms with Gasteiger partial charge in [0.15, 0.2) is 5.69 Å². The molecule has 2 aromatic heterocycles. The molecule has 0 aliphatic carbocycles. The number of hydrogen-bond acceptors (Lipinski definition) is 9. The zero-order valence-electron chi connectivity index (χ0n) is 17.4. The van der Waals surface area contributed by atoms with Gasteiger partial charge in [-0.25, -0.2) is 4.63 Å². The lowest BCUT2D eigenvalue weighted by atomic mass is 10.2. The van der Waals surface area contributed by atoms with E-state index >= 15 is 0 Å². The Hall–Kier alpha value is -3.83. The number of aromatic nitrogens is 5. The molecule has 33 heavy (non-hydrogen) atoms. The van der Waals surface area contributed by atoms with Gasteiger partial charge in [0.2, 0.25) is 11.6 Å². The van der Waals surface area contributed by atoms with Crippen molar-refractivity contribution in [1.82, 2.24) is 36.2 Å². The monoisotopic (exact) mass is 482 g/mol. The number of thioether (sulfide) groups is 1. The fourth-order valence-corrected chi connectivity index (χ4v) is 3.83. The summed E-state index contributed by atoms with van der Waals surface area (Å²) in [6.07, 6.45) is 0. The third-order valence-electron chi connectivity index (χ3n) is 4.59. The van der Waals surface area contributed by atoms with Crippen LogP contribution in [0.5, 0.6) is 0 Å². The molecule has 2 aromatic carbocycles. The smallest absolute Gasteiger partial charge is 0.292 e. The zero-order valence-corrected chi connectivity index (χ0v) is 19.0. The van der Waals surface area contributed by atoms with Gasteiger partial charge in [-0.2, -0.15) is 4.68 Å². The number of amides is 1. The van der Waals surface area contributed by atoms with Crippen LogP contribution in [0, 0.1) is 6.92 Å². The van der Waals surface area contributed by atoms with Crippen molar-refractivity contribution < 1.29 is 9.42 Å². The van der Waals surface area contributed by atoms with Crippen molar-refractivity contribution >= 4 is 40.8 Å². The van der Waals surface area contributed by atoms with Crippen molar-refractivity contribution in [1.29, 1.82) is 0 Å². The van der Waals surface area contributed by atoms with E-state index in [0.29, 0.717) is 22.2 Å². The first-order valence-electron chi connectivity index (χ1n) is 9.66. The normalized spacial score (nSPS) is 10.7. The molecular weight excluding hydrogens is 464 g/mol. The molecular formula is C21H19ClN8O2S. The van der Waals surface area contributed by atoms with Gasteiger partial charge in [0.25, 0.3) is 5.91 Å². The Labute approximate surface area is 198 Å². The molecule has 12 heteroatoms. The molecule has 10 nitrogen and oxygen atoms in total. The van der Waals surface area contributed by atoms with E-state index in [1.165, 1.54) is 16.4 Å². The standard InChI is InChI=1S/C21H19ClN8O2S/c1-12-3-9-16(10-4-12)33-11-17-18(25-29-30(17)20-19(23)27-32-28-20)21(31)26-24-13(2)14-5-7-15(22)8-6-14/h3-10,24H,2,11H2,1H3,(H2,23,27)(H,26,31). The molecule has 4 aromatic rings. The second-order valence-electron chi connectivity index (χ2n) is 6.94. The van der Waals surface area contributed by atoms with Crippen molar-refractivity contribution in [3.05, 3.63) is 82.6 Å². The number of hydrazine groups is 1. The molecule has 4 rings (SSSR count). The lowest BCUT2D eigenvalue weighted by Crippen LogP contribution is -2.36. The average molecular weight is 483 g/mol. The Morgan fingerprint density at radius 1 is 1.15 bits per heavy atom. The van der Waals surface area contributed by atoms with Crippen molar-refractivity contribution in [2.24, 2.45) is 0 Å². The molecule has 1 amide bonds. The van der Waals surface area contributed by atoms with Crippen LogP contribution in [0.15, 0.2) is 64.6 Å². The van der Waals surface area contributed by atoms with Crippen molar-refractivity contribution in [3.8, 4) is 5.82 Å². The van der Waals surface area contributed by atoms with Crippen molar-refractivity contribution in [3.63, 3.8) is 0 Å². The van der Waals surface area contributed by atoms with Crippen LogP contribution in [0.3, 0.4) is 0 Å². The number of carbonyl (C=O) groups is 1. The molecule has 168 valence electrons. The van der Waals surface area contributed by atoms with Crippen molar-refractivity contribution in [2.45, 2.75) is 17.6 Å². The zero-order chi connectivity index (χ0) is 23.4. The SMILES string of the molecule is C=C(NNC(=O)c1nnn(-c2nonc2N)c1CSc1ccc(C)cc1)c1ccc(Cl)cc1. The highest BCUT2D eigenvalue weighted by Crippen LogP contribution is 2.26. The number of rotatable bonds is 8. The highest BCUT2D eigenvalue weighted by molar-refractivity contribution is 7.98. The van der Waals surface area contributed by atoms with E-state index in [0.717, 1.165) is 16.0 Å². The van der Waals surface area contributed by atoms with E-state index in [9.17, 15) is 4.79 Å².